The first-order valence-corrected chi connectivity index (χ1v) is 7.29. The Morgan fingerprint density at radius 2 is 2.05 bits per heavy atom. The zero-order chi connectivity index (χ0) is 14.6. The van der Waals surface area contributed by atoms with Crippen LogP contribution in [0.2, 0.25) is 0 Å². The van der Waals surface area contributed by atoms with E-state index in [9.17, 15) is 4.79 Å². The largest absolute Gasteiger partial charge is 0.458 e. The van der Waals surface area contributed by atoms with Gasteiger partial charge in [0.25, 0.3) is 0 Å². The molecule has 0 heterocycles. The molecule has 19 heavy (non-hydrogen) atoms. The third-order valence-corrected chi connectivity index (χ3v) is 3.94. The van der Waals surface area contributed by atoms with E-state index in [1.165, 1.54) is 18.4 Å². The Kier molecular flexibility index (Phi) is 5.39. The average Bonchev–Trinajstić information content (AvgIpc) is 2.27. The van der Waals surface area contributed by atoms with Crippen LogP contribution in [0.1, 0.15) is 54.4 Å². The van der Waals surface area contributed by atoms with Gasteiger partial charge < -0.3 is 4.74 Å². The van der Waals surface area contributed by atoms with Crippen molar-refractivity contribution in [3.8, 4) is 0 Å². The monoisotopic (exact) mass is 264 g/mol. The van der Waals surface area contributed by atoms with Crippen molar-refractivity contribution in [1.29, 1.82) is 0 Å². The lowest BCUT2D eigenvalue weighted by molar-refractivity contribution is -0.149. The molecule has 108 valence electrons. The molecule has 2 atom stereocenters. The van der Waals surface area contributed by atoms with Gasteiger partial charge in [-0.05, 0) is 38.2 Å². The molecule has 1 rings (SSSR count). The van der Waals surface area contributed by atoms with Crippen LogP contribution in [-0.2, 0) is 9.53 Å². The Bertz CT molecular complexity index is 375. The van der Waals surface area contributed by atoms with E-state index in [0.717, 1.165) is 0 Å². The van der Waals surface area contributed by atoms with Crippen LogP contribution in [0.25, 0.3) is 0 Å². The summed E-state index contributed by atoms with van der Waals surface area (Å²) in [6, 6.07) is 0. The first-order valence-electron chi connectivity index (χ1n) is 7.29. The maximum atomic E-state index is 11.5. The van der Waals surface area contributed by atoms with Gasteiger partial charge in [-0.15, -0.1) is 0 Å². The lowest BCUT2D eigenvalue weighted by Gasteiger charge is -2.36. The maximum absolute atomic E-state index is 11.5. The zero-order valence-electron chi connectivity index (χ0n) is 13.2. The van der Waals surface area contributed by atoms with Crippen LogP contribution in [0.3, 0.4) is 0 Å². The topological polar surface area (TPSA) is 26.3 Å². The zero-order valence-corrected chi connectivity index (χ0v) is 13.2. The van der Waals surface area contributed by atoms with E-state index >= 15 is 0 Å². The molecule has 0 aliphatic heterocycles. The maximum Gasteiger partial charge on any atom is 0.308 e. The Balaban J connectivity index is 2.67. The number of ether oxygens (including phenoxy) is 1. The van der Waals surface area contributed by atoms with Crippen LogP contribution in [-0.4, -0.2) is 12.1 Å². The van der Waals surface area contributed by atoms with Gasteiger partial charge in [-0.3, -0.25) is 4.79 Å². The average molecular weight is 264 g/mol. The first-order chi connectivity index (χ1) is 8.74. The summed E-state index contributed by atoms with van der Waals surface area (Å²) in [6.07, 6.45) is 8.78. The molecule has 2 nitrogen and oxygen atoms in total. The fourth-order valence-electron chi connectivity index (χ4n) is 2.61. The van der Waals surface area contributed by atoms with E-state index in [0.29, 0.717) is 5.92 Å². The lowest BCUT2D eigenvalue weighted by atomic mass is 9.68. The molecule has 0 bridgehead atoms. The third kappa shape index (κ3) is 4.52. The van der Waals surface area contributed by atoms with E-state index in [1.807, 2.05) is 26.8 Å². The lowest BCUT2D eigenvalue weighted by Crippen LogP contribution is -2.26. The Hall–Kier alpha value is -1.05. The van der Waals surface area contributed by atoms with Crippen LogP contribution >= 0.6 is 0 Å². The SMILES string of the molecule is CC1=CCCC(C)(C)C1C=CC(C)OC(=O)C(C)C. The van der Waals surface area contributed by atoms with Crippen LogP contribution < -0.4 is 0 Å². The van der Waals surface area contributed by atoms with E-state index < -0.39 is 0 Å². The van der Waals surface area contributed by atoms with Gasteiger partial charge in [-0.2, -0.15) is 0 Å². The highest BCUT2D eigenvalue weighted by Crippen LogP contribution is 2.41. The van der Waals surface area contributed by atoms with E-state index in [1.54, 1.807) is 0 Å². The molecule has 1 aliphatic carbocycles. The fraction of sp³-hybridized carbons (Fsp3) is 0.706. The summed E-state index contributed by atoms with van der Waals surface area (Å²) < 4.78 is 5.36. The molecule has 0 fully saturated rings. The standard InChI is InChI=1S/C17H28O2/c1-12(2)16(18)19-14(4)9-10-15-13(3)8-7-11-17(15,5)6/h8-10,12,14-15H,7,11H2,1-6H3. The van der Waals surface area contributed by atoms with Crippen LogP contribution in [0.4, 0.5) is 0 Å². The van der Waals surface area contributed by atoms with Crippen molar-refractivity contribution in [3.63, 3.8) is 0 Å². The number of allylic oxidation sites excluding steroid dienone is 3. The Morgan fingerprint density at radius 3 is 2.58 bits per heavy atom. The minimum atomic E-state index is -0.152. The van der Waals surface area contributed by atoms with Gasteiger partial charge in [-0.25, -0.2) is 0 Å². The van der Waals surface area contributed by atoms with E-state index in [4.69, 9.17) is 4.74 Å². The van der Waals surface area contributed by atoms with Crippen molar-refractivity contribution in [3.05, 3.63) is 23.8 Å². The number of esters is 1. The van der Waals surface area contributed by atoms with Gasteiger partial charge in [0, 0.05) is 5.92 Å². The quantitative estimate of drug-likeness (QED) is 0.551. The van der Waals surface area contributed by atoms with Crippen molar-refractivity contribution in [2.75, 3.05) is 0 Å². The number of hydrogen-bond acceptors (Lipinski definition) is 2. The molecule has 2 unspecified atom stereocenters. The number of carbonyl (C=O) groups is 1. The van der Waals surface area contributed by atoms with E-state index in [-0.39, 0.29) is 23.4 Å². The molecular weight excluding hydrogens is 236 g/mol. The first kappa shape index (κ1) is 16.0. The summed E-state index contributed by atoms with van der Waals surface area (Å²) in [7, 11) is 0. The number of carbonyl (C=O) groups excluding carboxylic acids is 1. The van der Waals surface area contributed by atoms with E-state index in [2.05, 4.69) is 32.9 Å². The van der Waals surface area contributed by atoms with Gasteiger partial charge in [0.05, 0.1) is 5.92 Å². The van der Waals surface area contributed by atoms with Gasteiger partial charge in [0.1, 0.15) is 6.10 Å². The van der Waals surface area contributed by atoms with Crippen molar-refractivity contribution in [2.24, 2.45) is 17.3 Å². The third-order valence-electron chi connectivity index (χ3n) is 3.94. The second-order valence-corrected chi connectivity index (χ2v) is 6.63. The van der Waals surface area contributed by atoms with Crippen molar-refractivity contribution in [2.45, 2.75) is 60.5 Å². The highest BCUT2D eigenvalue weighted by Gasteiger charge is 2.30. The predicted octanol–water partition coefficient (Wildman–Crippen LogP) is 4.51. The number of rotatable bonds is 4. The van der Waals surface area contributed by atoms with Crippen molar-refractivity contribution < 1.29 is 9.53 Å². The highest BCUT2D eigenvalue weighted by atomic mass is 16.5. The van der Waals surface area contributed by atoms with Crippen molar-refractivity contribution in [1.82, 2.24) is 0 Å². The molecule has 0 radical (unpaired) electrons. The molecule has 0 aromatic rings. The van der Waals surface area contributed by atoms with Crippen LogP contribution in [0, 0.1) is 17.3 Å². The second-order valence-electron chi connectivity index (χ2n) is 6.63. The smallest absolute Gasteiger partial charge is 0.308 e. The summed E-state index contributed by atoms with van der Waals surface area (Å²) >= 11 is 0. The molecule has 1 aliphatic rings. The summed E-state index contributed by atoms with van der Waals surface area (Å²) in [5.74, 6) is 0.248. The molecule has 0 saturated carbocycles. The normalized spacial score (nSPS) is 24.4. The molecule has 0 amide bonds. The summed E-state index contributed by atoms with van der Waals surface area (Å²) in [5.41, 5.74) is 1.71. The molecule has 2 heteroatoms. The van der Waals surface area contributed by atoms with Gasteiger partial charge in [0.15, 0.2) is 0 Å². The molecule has 0 aromatic heterocycles. The molecular formula is C17H28O2. The molecule has 0 aromatic carbocycles. The fourth-order valence-corrected chi connectivity index (χ4v) is 2.61. The molecule has 0 saturated heterocycles. The van der Waals surface area contributed by atoms with Gasteiger partial charge in [0.2, 0.25) is 0 Å². The van der Waals surface area contributed by atoms with Crippen molar-refractivity contribution >= 4 is 5.97 Å². The van der Waals surface area contributed by atoms with Gasteiger partial charge >= 0.3 is 5.97 Å². The summed E-state index contributed by atoms with van der Waals surface area (Å²) in [6.45, 7) is 12.4. The second kappa shape index (κ2) is 6.40. The summed E-state index contributed by atoms with van der Waals surface area (Å²) in [5, 5.41) is 0. The minimum Gasteiger partial charge on any atom is -0.458 e. The molecule has 0 N–H and O–H groups in total. The molecule has 0 spiro atoms. The highest BCUT2D eigenvalue weighted by molar-refractivity contribution is 5.71. The Labute approximate surface area is 117 Å². The predicted molar refractivity (Wildman–Crippen MR) is 79.8 cm³/mol. The number of hydrogen-bond donors (Lipinski definition) is 0. The van der Waals surface area contributed by atoms with Crippen LogP contribution in [0.5, 0.6) is 0 Å². The summed E-state index contributed by atoms with van der Waals surface area (Å²) in [4.78, 5) is 11.5. The Morgan fingerprint density at radius 1 is 1.42 bits per heavy atom. The van der Waals surface area contributed by atoms with Crippen LogP contribution in [0.15, 0.2) is 23.8 Å². The van der Waals surface area contributed by atoms with Gasteiger partial charge in [-0.1, -0.05) is 45.4 Å². The minimum absolute atomic E-state index is 0.0661.